The second kappa shape index (κ2) is 6.07. The smallest absolute Gasteiger partial charge is 0.226 e. The largest absolute Gasteiger partial charge is 0.368 e. The molecule has 1 heterocycles. The van der Waals surface area contributed by atoms with E-state index >= 15 is 0 Å². The monoisotopic (exact) mass is 306 g/mol. The Morgan fingerprint density at radius 2 is 1.43 bits per heavy atom. The number of hydrogen-bond donors (Lipinski definition) is 0. The predicted octanol–water partition coefficient (Wildman–Crippen LogP) is 3.14. The van der Waals surface area contributed by atoms with Gasteiger partial charge in [-0.2, -0.15) is 0 Å². The Kier molecular flexibility index (Phi) is 3.78. The van der Waals surface area contributed by atoms with E-state index in [2.05, 4.69) is 58.3 Å². The van der Waals surface area contributed by atoms with Crippen LogP contribution in [0.25, 0.3) is 0 Å². The lowest BCUT2D eigenvalue weighted by atomic mass is 10.1. The molecule has 0 unspecified atom stereocenters. The Hall–Kier alpha value is -2.29. The maximum Gasteiger partial charge on any atom is 0.226 e. The van der Waals surface area contributed by atoms with E-state index in [9.17, 15) is 4.79 Å². The number of rotatable bonds is 3. The second-order valence-electron chi connectivity index (χ2n) is 6.51. The Balaban J connectivity index is 1.34. The van der Waals surface area contributed by atoms with Crippen molar-refractivity contribution in [2.45, 2.75) is 12.3 Å². The van der Waals surface area contributed by atoms with E-state index in [1.54, 1.807) is 0 Å². The topological polar surface area (TPSA) is 23.6 Å². The molecular weight excluding hydrogens is 284 g/mol. The molecule has 0 spiro atoms. The van der Waals surface area contributed by atoms with Gasteiger partial charge in [0.25, 0.3) is 0 Å². The lowest BCUT2D eigenvalue weighted by molar-refractivity contribution is -0.132. The van der Waals surface area contributed by atoms with Crippen LogP contribution in [0.15, 0.2) is 60.7 Å². The average Bonchev–Trinajstić information content (AvgIpc) is 3.44. The summed E-state index contributed by atoms with van der Waals surface area (Å²) < 4.78 is 0. The van der Waals surface area contributed by atoms with Crippen LogP contribution in [0.5, 0.6) is 0 Å². The van der Waals surface area contributed by atoms with Gasteiger partial charge in [-0.3, -0.25) is 4.79 Å². The third-order valence-corrected chi connectivity index (χ3v) is 5.05. The van der Waals surface area contributed by atoms with Crippen LogP contribution >= 0.6 is 0 Å². The van der Waals surface area contributed by atoms with Gasteiger partial charge in [-0.15, -0.1) is 0 Å². The summed E-state index contributed by atoms with van der Waals surface area (Å²) in [5.74, 6) is 1.00. The summed E-state index contributed by atoms with van der Waals surface area (Å²) in [5.41, 5.74) is 2.57. The van der Waals surface area contributed by atoms with E-state index in [1.165, 1.54) is 11.3 Å². The molecule has 2 aromatic carbocycles. The first-order valence-electron chi connectivity index (χ1n) is 8.46. The summed E-state index contributed by atoms with van der Waals surface area (Å²) in [5, 5.41) is 0. The zero-order valence-electron chi connectivity index (χ0n) is 13.3. The van der Waals surface area contributed by atoms with Crippen LogP contribution in [0.3, 0.4) is 0 Å². The van der Waals surface area contributed by atoms with Gasteiger partial charge >= 0.3 is 0 Å². The minimum Gasteiger partial charge on any atom is -0.368 e. The van der Waals surface area contributed by atoms with Gasteiger partial charge in [-0.25, -0.2) is 0 Å². The van der Waals surface area contributed by atoms with E-state index in [0.29, 0.717) is 11.8 Å². The number of nitrogens with zero attached hydrogens (tertiary/aromatic N) is 2. The van der Waals surface area contributed by atoms with Gasteiger partial charge in [0.1, 0.15) is 0 Å². The van der Waals surface area contributed by atoms with E-state index in [-0.39, 0.29) is 5.92 Å². The highest BCUT2D eigenvalue weighted by Crippen LogP contribution is 2.48. The van der Waals surface area contributed by atoms with Gasteiger partial charge in [-0.1, -0.05) is 48.5 Å². The molecule has 1 aliphatic heterocycles. The number of amides is 1. The summed E-state index contributed by atoms with van der Waals surface area (Å²) in [6, 6.07) is 20.9. The maximum atomic E-state index is 12.7. The Morgan fingerprint density at radius 3 is 2.09 bits per heavy atom. The molecule has 118 valence electrons. The van der Waals surface area contributed by atoms with Crippen LogP contribution < -0.4 is 4.90 Å². The van der Waals surface area contributed by atoms with Crippen LogP contribution in [0, 0.1) is 5.92 Å². The Labute approximate surface area is 137 Å². The zero-order valence-corrected chi connectivity index (χ0v) is 13.3. The molecule has 1 aliphatic carbocycles. The first-order valence-corrected chi connectivity index (χ1v) is 8.46. The molecule has 2 atom stereocenters. The Morgan fingerprint density at radius 1 is 0.826 bits per heavy atom. The van der Waals surface area contributed by atoms with Crippen LogP contribution in [0.1, 0.15) is 17.9 Å². The van der Waals surface area contributed by atoms with E-state index < -0.39 is 0 Å². The van der Waals surface area contributed by atoms with Gasteiger partial charge in [0.05, 0.1) is 0 Å². The molecule has 23 heavy (non-hydrogen) atoms. The molecule has 3 nitrogen and oxygen atoms in total. The fraction of sp³-hybridized carbons (Fsp3) is 0.350. The van der Waals surface area contributed by atoms with Crippen LogP contribution in [0.2, 0.25) is 0 Å². The molecule has 2 aliphatic rings. The van der Waals surface area contributed by atoms with Gasteiger partial charge in [-0.05, 0) is 30.0 Å². The van der Waals surface area contributed by atoms with Crippen molar-refractivity contribution < 1.29 is 4.79 Å². The van der Waals surface area contributed by atoms with Crippen LogP contribution in [-0.4, -0.2) is 37.0 Å². The number of anilines is 1. The number of carbonyl (C=O) groups excluding carboxylic acids is 1. The Bertz CT molecular complexity index is 663. The fourth-order valence-electron chi connectivity index (χ4n) is 3.59. The van der Waals surface area contributed by atoms with Crippen molar-refractivity contribution >= 4 is 11.6 Å². The lowest BCUT2D eigenvalue weighted by Gasteiger charge is -2.36. The van der Waals surface area contributed by atoms with Gasteiger partial charge in [0, 0.05) is 37.8 Å². The zero-order chi connectivity index (χ0) is 15.6. The van der Waals surface area contributed by atoms with Crippen molar-refractivity contribution in [1.29, 1.82) is 0 Å². The molecule has 1 saturated carbocycles. The van der Waals surface area contributed by atoms with Crippen molar-refractivity contribution in [3.63, 3.8) is 0 Å². The molecular formula is C20H22N2O. The highest BCUT2D eigenvalue weighted by atomic mass is 16.2. The van der Waals surface area contributed by atoms with E-state index in [1.807, 2.05) is 12.1 Å². The van der Waals surface area contributed by atoms with Crippen molar-refractivity contribution in [3.8, 4) is 0 Å². The molecule has 2 aromatic rings. The van der Waals surface area contributed by atoms with Crippen molar-refractivity contribution in [2.75, 3.05) is 31.1 Å². The average molecular weight is 306 g/mol. The summed E-state index contributed by atoms with van der Waals surface area (Å²) in [6.45, 7) is 3.54. The molecule has 0 radical (unpaired) electrons. The number of piperazine rings is 1. The molecule has 0 bridgehead atoms. The summed E-state index contributed by atoms with van der Waals surface area (Å²) in [7, 11) is 0. The van der Waals surface area contributed by atoms with Gasteiger partial charge in [0.2, 0.25) is 5.91 Å². The molecule has 0 aromatic heterocycles. The number of para-hydroxylation sites is 1. The van der Waals surface area contributed by atoms with Gasteiger partial charge < -0.3 is 9.80 Å². The summed E-state index contributed by atoms with van der Waals surface area (Å²) in [6.07, 6.45) is 1.02. The molecule has 2 fully saturated rings. The highest BCUT2D eigenvalue weighted by Gasteiger charge is 2.45. The maximum absolute atomic E-state index is 12.7. The third-order valence-electron chi connectivity index (χ3n) is 5.05. The highest BCUT2D eigenvalue weighted by molar-refractivity contribution is 5.83. The minimum absolute atomic E-state index is 0.209. The molecule has 4 rings (SSSR count). The second-order valence-corrected chi connectivity index (χ2v) is 6.51. The fourth-order valence-corrected chi connectivity index (χ4v) is 3.59. The quantitative estimate of drug-likeness (QED) is 0.870. The number of hydrogen-bond acceptors (Lipinski definition) is 2. The van der Waals surface area contributed by atoms with Crippen molar-refractivity contribution in [1.82, 2.24) is 4.90 Å². The van der Waals surface area contributed by atoms with Crippen molar-refractivity contribution in [3.05, 3.63) is 66.2 Å². The summed E-state index contributed by atoms with van der Waals surface area (Å²) in [4.78, 5) is 17.1. The van der Waals surface area contributed by atoms with E-state index in [4.69, 9.17) is 0 Å². The normalized spacial score (nSPS) is 23.7. The van der Waals surface area contributed by atoms with Crippen LogP contribution in [-0.2, 0) is 4.79 Å². The molecule has 1 saturated heterocycles. The SMILES string of the molecule is O=C([C@@H]1C[C@H]1c1ccccc1)N1CCN(c2ccccc2)CC1. The van der Waals surface area contributed by atoms with Crippen molar-refractivity contribution in [2.24, 2.45) is 5.92 Å². The molecule has 0 N–H and O–H groups in total. The van der Waals surface area contributed by atoms with Crippen LogP contribution in [0.4, 0.5) is 5.69 Å². The standard InChI is InChI=1S/C20H22N2O/c23-20(19-15-18(19)16-7-3-1-4-8-16)22-13-11-21(12-14-22)17-9-5-2-6-10-17/h1-10,18-19H,11-15H2/t18-,19+/m0/s1. The first kappa shape index (κ1) is 14.3. The third kappa shape index (κ3) is 2.96. The number of benzene rings is 2. The lowest BCUT2D eigenvalue weighted by Crippen LogP contribution is -2.49. The first-order chi connectivity index (χ1) is 11.3. The minimum atomic E-state index is 0.209. The molecule has 1 amide bonds. The molecule has 3 heteroatoms. The summed E-state index contributed by atoms with van der Waals surface area (Å²) >= 11 is 0. The predicted molar refractivity (Wildman–Crippen MR) is 92.5 cm³/mol. The number of carbonyl (C=O) groups is 1. The van der Waals surface area contributed by atoms with E-state index in [0.717, 1.165) is 32.6 Å². The van der Waals surface area contributed by atoms with Gasteiger partial charge in [0.15, 0.2) is 0 Å².